The minimum absolute atomic E-state index is 0. The Bertz CT molecular complexity index is 821. The predicted octanol–water partition coefficient (Wildman–Crippen LogP) is 2.22. The summed E-state index contributed by atoms with van der Waals surface area (Å²) >= 11 is 3.07. The van der Waals surface area contributed by atoms with Crippen molar-refractivity contribution in [1.29, 1.82) is 0 Å². The van der Waals surface area contributed by atoms with Crippen LogP contribution in [0.2, 0.25) is 0 Å². The van der Waals surface area contributed by atoms with Gasteiger partial charge in [-0.2, -0.15) is 0 Å². The van der Waals surface area contributed by atoms with Crippen LogP contribution in [0.15, 0.2) is 71.7 Å². The molecular weight excluding hydrogens is 349 g/mol. The van der Waals surface area contributed by atoms with Crippen LogP contribution in [0.5, 0.6) is 11.5 Å². The quantitative estimate of drug-likeness (QED) is 0.512. The second-order valence-corrected chi connectivity index (χ2v) is 6.61. The van der Waals surface area contributed by atoms with Crippen molar-refractivity contribution in [1.82, 2.24) is 0 Å². The average Bonchev–Trinajstić information content (AvgIpc) is 3.30. The molecule has 4 nitrogen and oxygen atoms in total. The van der Waals surface area contributed by atoms with Gasteiger partial charge in [-0.05, 0) is 12.1 Å². The molecule has 0 unspecified atom stereocenters. The molecule has 0 aliphatic rings. The van der Waals surface area contributed by atoms with Crippen molar-refractivity contribution in [3.63, 3.8) is 0 Å². The summed E-state index contributed by atoms with van der Waals surface area (Å²) in [6, 6.07) is 14.0. The molecule has 0 saturated heterocycles. The van der Waals surface area contributed by atoms with Crippen molar-refractivity contribution < 1.29 is 20.2 Å². The molecule has 0 bridgehead atoms. The SMILES string of the molecule is [Be+2].[O-]c1ccccc1-c1[nH+]ccs1.[O-]c1ccccc1-c1[nH+]ccs1. The van der Waals surface area contributed by atoms with Crippen molar-refractivity contribution in [2.75, 3.05) is 0 Å². The van der Waals surface area contributed by atoms with Crippen LogP contribution < -0.4 is 20.2 Å². The first-order valence-corrected chi connectivity index (χ1v) is 8.95. The molecule has 4 aromatic rings. The zero-order valence-electron chi connectivity index (χ0n) is 13.3. The summed E-state index contributed by atoms with van der Waals surface area (Å²) in [5, 5.41) is 28.3. The molecule has 0 saturated carbocycles. The molecule has 7 heteroatoms. The van der Waals surface area contributed by atoms with Crippen LogP contribution in [0.3, 0.4) is 0 Å². The third-order valence-corrected chi connectivity index (χ3v) is 4.89. The molecule has 2 heterocycles. The first-order chi connectivity index (χ1) is 11.8. The zero-order chi connectivity index (χ0) is 16.8. The molecule has 0 atom stereocenters. The van der Waals surface area contributed by atoms with E-state index in [0.717, 1.165) is 21.1 Å². The maximum atomic E-state index is 11.3. The Labute approximate surface area is 157 Å². The summed E-state index contributed by atoms with van der Waals surface area (Å²) in [4.78, 5) is 6.03. The van der Waals surface area contributed by atoms with E-state index >= 15 is 0 Å². The van der Waals surface area contributed by atoms with E-state index in [0.29, 0.717) is 0 Å². The number of benzene rings is 2. The van der Waals surface area contributed by atoms with Crippen molar-refractivity contribution in [2.24, 2.45) is 0 Å². The van der Waals surface area contributed by atoms with Gasteiger partial charge in [0.15, 0.2) is 12.4 Å². The Morgan fingerprint density at radius 2 is 1.04 bits per heavy atom. The number of hydrogen-bond acceptors (Lipinski definition) is 4. The number of nitrogens with one attached hydrogen (secondary N) is 2. The normalized spacial score (nSPS) is 9.60. The molecule has 0 spiro atoms. The van der Waals surface area contributed by atoms with Crippen LogP contribution in [0.25, 0.3) is 21.1 Å². The van der Waals surface area contributed by atoms with Crippen molar-refractivity contribution in [3.05, 3.63) is 71.7 Å². The van der Waals surface area contributed by atoms with Crippen LogP contribution in [-0.4, -0.2) is 10.1 Å². The van der Waals surface area contributed by atoms with Crippen LogP contribution in [0.1, 0.15) is 0 Å². The molecule has 2 aromatic heterocycles. The average molecular weight is 363 g/mol. The minimum atomic E-state index is 0. The van der Waals surface area contributed by atoms with Gasteiger partial charge in [0, 0.05) is 11.1 Å². The number of aromatic amines is 2. The standard InChI is InChI=1S/2C9H7NOS.Be/c2*11-8-4-2-1-3-7(8)9-10-5-6-12-9;/h2*1-6,11H;/q;;+2. The van der Waals surface area contributed by atoms with E-state index in [1.165, 1.54) is 22.7 Å². The third-order valence-electron chi connectivity index (χ3n) is 3.20. The van der Waals surface area contributed by atoms with Gasteiger partial charge in [0.2, 0.25) is 0 Å². The van der Waals surface area contributed by atoms with Crippen LogP contribution >= 0.6 is 22.7 Å². The first-order valence-electron chi connectivity index (χ1n) is 7.19. The third kappa shape index (κ3) is 4.73. The summed E-state index contributed by atoms with van der Waals surface area (Å²) in [7, 11) is 0. The summed E-state index contributed by atoms with van der Waals surface area (Å²) in [5.41, 5.74) is 1.49. The summed E-state index contributed by atoms with van der Waals surface area (Å²) in [6.07, 6.45) is 3.65. The number of thiazole rings is 2. The van der Waals surface area contributed by atoms with Crippen molar-refractivity contribution >= 4 is 32.8 Å². The number of rotatable bonds is 2. The van der Waals surface area contributed by atoms with E-state index < -0.39 is 0 Å². The van der Waals surface area contributed by atoms with Gasteiger partial charge in [0.1, 0.15) is 0 Å². The van der Waals surface area contributed by atoms with Crippen LogP contribution in [0.4, 0.5) is 0 Å². The molecule has 0 fully saturated rings. The Morgan fingerprint density at radius 1 is 0.640 bits per heavy atom. The molecule has 0 amide bonds. The molecule has 2 N–H and O–H groups in total. The first kappa shape index (κ1) is 18.8. The van der Waals surface area contributed by atoms with E-state index in [2.05, 4.69) is 9.97 Å². The van der Waals surface area contributed by atoms with Crippen LogP contribution in [0, 0.1) is 0 Å². The van der Waals surface area contributed by atoms with Gasteiger partial charge in [0.05, 0.1) is 10.8 Å². The monoisotopic (exact) mass is 363 g/mol. The largest absolute Gasteiger partial charge is 2.00 e. The van der Waals surface area contributed by atoms with Crippen molar-refractivity contribution in [3.8, 4) is 32.6 Å². The molecule has 4 rings (SSSR count). The van der Waals surface area contributed by atoms with E-state index in [9.17, 15) is 10.2 Å². The zero-order valence-corrected chi connectivity index (χ0v) is 14.9. The number of aromatic nitrogens is 2. The van der Waals surface area contributed by atoms with Gasteiger partial charge in [-0.15, -0.1) is 0 Å². The minimum Gasteiger partial charge on any atom is -0.872 e. The summed E-state index contributed by atoms with van der Waals surface area (Å²) in [5.74, 6) is 0.132. The summed E-state index contributed by atoms with van der Waals surface area (Å²) < 4.78 is 0. The Balaban J connectivity index is 0.000000173. The molecular formula is C18H14BeN2O2S2+2. The Kier molecular flexibility index (Phi) is 6.83. The number of para-hydroxylation sites is 2. The maximum Gasteiger partial charge on any atom is 2.00 e. The predicted molar refractivity (Wildman–Crippen MR) is 97.3 cm³/mol. The van der Waals surface area contributed by atoms with Gasteiger partial charge >= 0.3 is 10.1 Å². The maximum absolute atomic E-state index is 11.3. The van der Waals surface area contributed by atoms with E-state index in [4.69, 9.17) is 0 Å². The van der Waals surface area contributed by atoms with Crippen molar-refractivity contribution in [2.45, 2.75) is 0 Å². The molecule has 0 aliphatic heterocycles. The Hall–Kier alpha value is -2.53. The van der Waals surface area contributed by atoms with Gasteiger partial charge in [-0.1, -0.05) is 70.6 Å². The molecule has 0 aliphatic carbocycles. The molecule has 120 valence electrons. The molecule has 25 heavy (non-hydrogen) atoms. The molecule has 2 aromatic carbocycles. The van der Waals surface area contributed by atoms with E-state index in [1.54, 1.807) is 24.3 Å². The number of hydrogen-bond donors (Lipinski definition) is 0. The van der Waals surface area contributed by atoms with Crippen LogP contribution in [-0.2, 0) is 0 Å². The van der Waals surface area contributed by atoms with Gasteiger partial charge < -0.3 is 10.2 Å². The fourth-order valence-electron chi connectivity index (χ4n) is 2.08. The second kappa shape index (κ2) is 9.08. The van der Waals surface area contributed by atoms with E-state index in [-0.39, 0.29) is 21.6 Å². The fraction of sp³-hybridized carbons (Fsp3) is 0. The number of H-pyrrole nitrogens is 2. The Morgan fingerprint density at radius 3 is 1.36 bits per heavy atom. The second-order valence-electron chi connectivity index (χ2n) is 4.78. The smallest absolute Gasteiger partial charge is 0.872 e. The summed E-state index contributed by atoms with van der Waals surface area (Å²) in [6.45, 7) is 0. The molecule has 0 radical (unpaired) electrons. The van der Waals surface area contributed by atoms with E-state index in [1.807, 2.05) is 47.4 Å². The fourth-order valence-corrected chi connectivity index (χ4v) is 3.49. The van der Waals surface area contributed by atoms with Gasteiger partial charge in [0.25, 0.3) is 10.0 Å². The topological polar surface area (TPSA) is 74.4 Å². The van der Waals surface area contributed by atoms with Gasteiger partial charge in [-0.25, -0.2) is 9.97 Å². The van der Waals surface area contributed by atoms with Gasteiger partial charge in [-0.3, -0.25) is 0 Å².